The lowest BCUT2D eigenvalue weighted by Crippen LogP contribution is -2.47. The highest BCUT2D eigenvalue weighted by atomic mass is 35.5. The minimum absolute atomic E-state index is 0.110. The van der Waals surface area contributed by atoms with Crippen LogP contribution in [0.25, 0.3) is 0 Å². The highest BCUT2D eigenvalue weighted by molar-refractivity contribution is 6.30. The van der Waals surface area contributed by atoms with E-state index in [1.165, 1.54) is 19.4 Å². The van der Waals surface area contributed by atoms with E-state index < -0.39 is 5.54 Å². The third kappa shape index (κ3) is 4.52. The fourth-order valence-electron chi connectivity index (χ4n) is 1.50. The summed E-state index contributed by atoms with van der Waals surface area (Å²) in [6.45, 7) is 3.68. The van der Waals surface area contributed by atoms with Crippen LogP contribution < -0.4 is 5.32 Å². The molecular formula is C13H17ClN2O3. The molecule has 1 heterocycles. The van der Waals surface area contributed by atoms with Crippen LogP contribution in [0.4, 0.5) is 0 Å². The average molecular weight is 285 g/mol. The van der Waals surface area contributed by atoms with Gasteiger partial charge in [0.25, 0.3) is 5.91 Å². The molecule has 0 aliphatic carbocycles. The van der Waals surface area contributed by atoms with Gasteiger partial charge in [-0.15, -0.1) is 0 Å². The summed E-state index contributed by atoms with van der Waals surface area (Å²) < 4.78 is 4.63. The van der Waals surface area contributed by atoms with Crippen LogP contribution >= 0.6 is 11.6 Å². The molecule has 6 heteroatoms. The third-order valence-electron chi connectivity index (χ3n) is 2.92. The first-order valence-corrected chi connectivity index (χ1v) is 6.29. The topological polar surface area (TPSA) is 68.3 Å². The number of aromatic nitrogens is 1. The van der Waals surface area contributed by atoms with Gasteiger partial charge in [0.15, 0.2) is 0 Å². The van der Waals surface area contributed by atoms with Crippen LogP contribution in [-0.2, 0) is 9.53 Å². The predicted octanol–water partition coefficient (Wildman–Crippen LogP) is 2.20. The molecule has 0 aliphatic heterocycles. The molecule has 1 rings (SSSR count). The van der Waals surface area contributed by atoms with Gasteiger partial charge in [0.1, 0.15) is 5.69 Å². The largest absolute Gasteiger partial charge is 0.469 e. The molecule has 1 aromatic heterocycles. The lowest BCUT2D eigenvalue weighted by molar-refractivity contribution is -0.142. The minimum Gasteiger partial charge on any atom is -0.469 e. The van der Waals surface area contributed by atoms with Crippen molar-refractivity contribution < 1.29 is 14.3 Å². The van der Waals surface area contributed by atoms with E-state index in [2.05, 4.69) is 15.0 Å². The Morgan fingerprint density at radius 2 is 2.16 bits per heavy atom. The fourth-order valence-corrected chi connectivity index (χ4v) is 1.61. The second-order valence-corrected chi connectivity index (χ2v) is 4.92. The summed E-state index contributed by atoms with van der Waals surface area (Å²) in [4.78, 5) is 27.3. The van der Waals surface area contributed by atoms with Crippen molar-refractivity contribution in [3.8, 4) is 0 Å². The van der Waals surface area contributed by atoms with Crippen molar-refractivity contribution in [1.29, 1.82) is 0 Å². The van der Waals surface area contributed by atoms with E-state index in [1.807, 2.05) is 6.92 Å². The zero-order chi connectivity index (χ0) is 14.5. The molecule has 0 unspecified atom stereocenters. The molecule has 0 saturated carbocycles. The molecule has 0 fully saturated rings. The number of carbonyl (C=O) groups excluding carboxylic acids is 2. The van der Waals surface area contributed by atoms with Gasteiger partial charge in [-0.3, -0.25) is 9.59 Å². The summed E-state index contributed by atoms with van der Waals surface area (Å²) >= 11 is 5.71. The first kappa shape index (κ1) is 15.4. The molecule has 1 N–H and O–H groups in total. The number of hydrogen-bond donors (Lipinski definition) is 1. The zero-order valence-electron chi connectivity index (χ0n) is 11.2. The zero-order valence-corrected chi connectivity index (χ0v) is 12.0. The number of pyridine rings is 1. The molecule has 104 valence electrons. The maximum Gasteiger partial charge on any atom is 0.307 e. The lowest BCUT2D eigenvalue weighted by atomic mass is 9.94. The maximum absolute atomic E-state index is 12.0. The van der Waals surface area contributed by atoms with Gasteiger partial charge in [0.05, 0.1) is 18.6 Å². The van der Waals surface area contributed by atoms with Crippen molar-refractivity contribution in [2.45, 2.75) is 32.2 Å². The molecule has 0 aliphatic rings. The Labute approximate surface area is 117 Å². The molecule has 19 heavy (non-hydrogen) atoms. The van der Waals surface area contributed by atoms with Gasteiger partial charge in [-0.1, -0.05) is 18.5 Å². The normalized spacial score (nSPS) is 13.5. The van der Waals surface area contributed by atoms with Crippen LogP contribution in [0, 0.1) is 0 Å². The second kappa shape index (κ2) is 6.52. The van der Waals surface area contributed by atoms with Crippen LogP contribution in [0.15, 0.2) is 18.3 Å². The third-order valence-corrected chi connectivity index (χ3v) is 3.14. The summed E-state index contributed by atoms with van der Waals surface area (Å²) in [6, 6.07) is 3.12. The molecule has 0 spiro atoms. The highest BCUT2D eigenvalue weighted by Crippen LogP contribution is 2.16. The van der Waals surface area contributed by atoms with Crippen molar-refractivity contribution >= 4 is 23.5 Å². The number of halogens is 1. The second-order valence-electron chi connectivity index (χ2n) is 4.48. The number of amides is 1. The van der Waals surface area contributed by atoms with Gasteiger partial charge in [-0.05, 0) is 25.5 Å². The standard InChI is InChI=1S/C13H17ClN2O3/c1-4-13(2,7-11(17)19-3)16-12(18)10-6-5-9(14)8-15-10/h5-6,8H,4,7H2,1-3H3,(H,16,18)/t13-/m0/s1. The van der Waals surface area contributed by atoms with E-state index >= 15 is 0 Å². The Balaban J connectivity index is 2.77. The van der Waals surface area contributed by atoms with Gasteiger partial charge in [-0.2, -0.15) is 0 Å². The number of carbonyl (C=O) groups is 2. The highest BCUT2D eigenvalue weighted by Gasteiger charge is 2.28. The molecule has 0 aromatic carbocycles. The number of nitrogens with zero attached hydrogens (tertiary/aromatic N) is 1. The molecule has 1 aromatic rings. The van der Waals surface area contributed by atoms with Crippen molar-refractivity contribution in [3.05, 3.63) is 29.0 Å². The van der Waals surface area contributed by atoms with Gasteiger partial charge in [0, 0.05) is 11.7 Å². The fraction of sp³-hybridized carbons (Fsp3) is 0.462. The summed E-state index contributed by atoms with van der Waals surface area (Å²) in [5.74, 6) is -0.710. The van der Waals surface area contributed by atoms with Crippen molar-refractivity contribution in [2.75, 3.05) is 7.11 Å². The van der Waals surface area contributed by atoms with Crippen molar-refractivity contribution in [2.24, 2.45) is 0 Å². The van der Waals surface area contributed by atoms with Crippen molar-refractivity contribution in [3.63, 3.8) is 0 Å². The molecule has 0 saturated heterocycles. The van der Waals surface area contributed by atoms with Crippen LogP contribution in [0.1, 0.15) is 37.2 Å². The van der Waals surface area contributed by atoms with Gasteiger partial charge >= 0.3 is 5.97 Å². The quantitative estimate of drug-likeness (QED) is 0.842. The van der Waals surface area contributed by atoms with E-state index in [0.717, 1.165) is 0 Å². The Morgan fingerprint density at radius 3 is 2.63 bits per heavy atom. The maximum atomic E-state index is 12.0. The van der Waals surface area contributed by atoms with Gasteiger partial charge in [0.2, 0.25) is 0 Å². The number of methoxy groups -OCH3 is 1. The van der Waals surface area contributed by atoms with E-state index in [9.17, 15) is 9.59 Å². The number of ether oxygens (including phenoxy) is 1. The summed E-state index contributed by atoms with van der Waals surface area (Å²) in [7, 11) is 1.32. The Hall–Kier alpha value is -1.62. The smallest absolute Gasteiger partial charge is 0.307 e. The Bertz CT molecular complexity index is 461. The van der Waals surface area contributed by atoms with Crippen LogP contribution in [0.3, 0.4) is 0 Å². The first-order chi connectivity index (χ1) is 8.90. The Kier molecular flexibility index (Phi) is 5.30. The van der Waals surface area contributed by atoms with Crippen molar-refractivity contribution in [1.82, 2.24) is 10.3 Å². The Morgan fingerprint density at radius 1 is 1.47 bits per heavy atom. The van der Waals surface area contributed by atoms with E-state index in [0.29, 0.717) is 11.4 Å². The summed E-state index contributed by atoms with van der Waals surface area (Å²) in [6.07, 6.45) is 2.11. The van der Waals surface area contributed by atoms with Gasteiger partial charge in [-0.25, -0.2) is 4.98 Å². The van der Waals surface area contributed by atoms with E-state index in [1.54, 1.807) is 13.0 Å². The lowest BCUT2D eigenvalue weighted by Gasteiger charge is -2.28. The summed E-state index contributed by atoms with van der Waals surface area (Å²) in [5, 5.41) is 3.26. The van der Waals surface area contributed by atoms with E-state index in [-0.39, 0.29) is 24.0 Å². The van der Waals surface area contributed by atoms with Crippen LogP contribution in [-0.4, -0.2) is 29.5 Å². The number of hydrogen-bond acceptors (Lipinski definition) is 4. The number of nitrogens with one attached hydrogen (secondary N) is 1. The molecule has 0 bridgehead atoms. The molecule has 1 amide bonds. The summed E-state index contributed by atoms with van der Waals surface area (Å²) in [5.41, 5.74) is -0.403. The number of rotatable bonds is 5. The molecule has 5 nitrogen and oxygen atoms in total. The average Bonchev–Trinajstić information content (AvgIpc) is 2.39. The molecule has 1 atom stereocenters. The van der Waals surface area contributed by atoms with Crippen LogP contribution in [0.2, 0.25) is 5.02 Å². The first-order valence-electron chi connectivity index (χ1n) is 5.91. The van der Waals surface area contributed by atoms with Gasteiger partial charge < -0.3 is 10.1 Å². The van der Waals surface area contributed by atoms with E-state index in [4.69, 9.17) is 11.6 Å². The molecular weight excluding hydrogens is 268 g/mol. The monoisotopic (exact) mass is 284 g/mol. The minimum atomic E-state index is -0.661. The molecule has 0 radical (unpaired) electrons. The SMILES string of the molecule is CC[C@@](C)(CC(=O)OC)NC(=O)c1ccc(Cl)cn1. The number of esters is 1. The van der Waals surface area contributed by atoms with Crippen LogP contribution in [0.5, 0.6) is 0 Å². The predicted molar refractivity (Wildman–Crippen MR) is 72.0 cm³/mol.